The summed E-state index contributed by atoms with van der Waals surface area (Å²) in [6, 6.07) is 0.359. The molecule has 0 aromatic rings. The second-order valence-electron chi connectivity index (χ2n) is 3.87. The quantitative estimate of drug-likeness (QED) is 0.626. The van der Waals surface area contributed by atoms with E-state index in [4.69, 9.17) is 4.74 Å². The normalized spacial score (nSPS) is 14.8. The van der Waals surface area contributed by atoms with Crippen LogP contribution in [0.25, 0.3) is 0 Å². The van der Waals surface area contributed by atoms with Crippen LogP contribution < -0.4 is 5.32 Å². The number of aliphatic hydroxyl groups is 1. The summed E-state index contributed by atoms with van der Waals surface area (Å²) in [6.45, 7) is 7.24. The minimum absolute atomic E-state index is 0.359. The van der Waals surface area contributed by atoms with Crippen LogP contribution in [-0.4, -0.2) is 37.0 Å². The van der Waals surface area contributed by atoms with E-state index in [1.165, 1.54) is 0 Å². The minimum Gasteiger partial charge on any atom is -0.390 e. The standard InChI is InChI=1S/C9H21NO2/c1-8(7-12-4)10-6-5-9(2,3)11/h8,10-11H,5-7H2,1-4H3. The fourth-order valence-corrected chi connectivity index (χ4v) is 0.933. The van der Waals surface area contributed by atoms with Crippen molar-refractivity contribution in [1.29, 1.82) is 0 Å². The lowest BCUT2D eigenvalue weighted by molar-refractivity contribution is 0.0690. The van der Waals surface area contributed by atoms with Crippen LogP contribution in [0.3, 0.4) is 0 Å². The number of hydrogen-bond acceptors (Lipinski definition) is 3. The molecule has 2 N–H and O–H groups in total. The Morgan fingerprint density at radius 2 is 2.08 bits per heavy atom. The summed E-state index contributed by atoms with van der Waals surface area (Å²) in [5.74, 6) is 0. The van der Waals surface area contributed by atoms with Crippen molar-refractivity contribution in [2.45, 2.75) is 38.8 Å². The van der Waals surface area contributed by atoms with Gasteiger partial charge in [0.15, 0.2) is 0 Å². The lowest BCUT2D eigenvalue weighted by Gasteiger charge is -2.19. The first-order chi connectivity index (χ1) is 5.45. The molecular formula is C9H21NO2. The topological polar surface area (TPSA) is 41.5 Å². The first-order valence-electron chi connectivity index (χ1n) is 4.40. The van der Waals surface area contributed by atoms with Crippen LogP contribution in [0.2, 0.25) is 0 Å². The lowest BCUT2D eigenvalue weighted by atomic mass is 10.1. The third-order valence-corrected chi connectivity index (χ3v) is 1.65. The first kappa shape index (κ1) is 11.9. The Morgan fingerprint density at radius 3 is 2.50 bits per heavy atom. The van der Waals surface area contributed by atoms with Gasteiger partial charge in [0.25, 0.3) is 0 Å². The average Bonchev–Trinajstić information content (AvgIpc) is 1.84. The van der Waals surface area contributed by atoms with E-state index >= 15 is 0 Å². The number of hydrogen-bond donors (Lipinski definition) is 2. The Bertz CT molecular complexity index is 110. The van der Waals surface area contributed by atoms with E-state index in [0.29, 0.717) is 12.6 Å². The van der Waals surface area contributed by atoms with Crippen LogP contribution in [0.4, 0.5) is 0 Å². The monoisotopic (exact) mass is 175 g/mol. The Morgan fingerprint density at radius 1 is 1.50 bits per heavy atom. The highest BCUT2D eigenvalue weighted by atomic mass is 16.5. The largest absolute Gasteiger partial charge is 0.390 e. The molecule has 0 heterocycles. The minimum atomic E-state index is -0.570. The van der Waals surface area contributed by atoms with Crippen molar-refractivity contribution in [3.63, 3.8) is 0 Å². The van der Waals surface area contributed by atoms with Crippen LogP contribution in [0, 0.1) is 0 Å². The fraction of sp³-hybridized carbons (Fsp3) is 1.00. The van der Waals surface area contributed by atoms with Gasteiger partial charge in [0.05, 0.1) is 12.2 Å². The summed E-state index contributed by atoms with van der Waals surface area (Å²) in [6.07, 6.45) is 0.765. The second-order valence-corrected chi connectivity index (χ2v) is 3.87. The molecule has 0 bridgehead atoms. The van der Waals surface area contributed by atoms with Crippen molar-refractivity contribution in [2.75, 3.05) is 20.3 Å². The van der Waals surface area contributed by atoms with Gasteiger partial charge in [-0.2, -0.15) is 0 Å². The summed E-state index contributed by atoms with van der Waals surface area (Å²) in [4.78, 5) is 0. The molecule has 3 heteroatoms. The number of rotatable bonds is 6. The molecule has 0 aliphatic carbocycles. The van der Waals surface area contributed by atoms with Crippen molar-refractivity contribution in [3.05, 3.63) is 0 Å². The Labute approximate surface area is 75.1 Å². The van der Waals surface area contributed by atoms with Gasteiger partial charge in [-0.3, -0.25) is 0 Å². The van der Waals surface area contributed by atoms with Gasteiger partial charge >= 0.3 is 0 Å². The Balaban J connectivity index is 3.31. The molecule has 0 aromatic carbocycles. The van der Waals surface area contributed by atoms with Gasteiger partial charge in [0.2, 0.25) is 0 Å². The lowest BCUT2D eigenvalue weighted by Crippen LogP contribution is -2.34. The molecule has 0 rings (SSSR count). The maximum atomic E-state index is 9.39. The van der Waals surface area contributed by atoms with E-state index in [-0.39, 0.29) is 0 Å². The molecule has 3 nitrogen and oxygen atoms in total. The van der Waals surface area contributed by atoms with Crippen molar-refractivity contribution in [1.82, 2.24) is 5.32 Å². The molecular weight excluding hydrogens is 154 g/mol. The van der Waals surface area contributed by atoms with Crippen LogP contribution in [0.5, 0.6) is 0 Å². The zero-order valence-electron chi connectivity index (χ0n) is 8.55. The zero-order valence-corrected chi connectivity index (χ0v) is 8.55. The molecule has 1 unspecified atom stereocenters. The van der Waals surface area contributed by atoms with E-state index < -0.39 is 5.60 Å². The van der Waals surface area contributed by atoms with E-state index in [0.717, 1.165) is 13.0 Å². The predicted molar refractivity (Wildman–Crippen MR) is 50.3 cm³/mol. The number of methoxy groups -OCH3 is 1. The fourth-order valence-electron chi connectivity index (χ4n) is 0.933. The SMILES string of the molecule is COCC(C)NCCC(C)(C)O. The van der Waals surface area contributed by atoms with E-state index in [1.807, 2.05) is 13.8 Å². The van der Waals surface area contributed by atoms with Crippen LogP contribution >= 0.6 is 0 Å². The van der Waals surface area contributed by atoms with Gasteiger partial charge in [-0.05, 0) is 33.7 Å². The molecule has 0 radical (unpaired) electrons. The molecule has 74 valence electrons. The van der Waals surface area contributed by atoms with Crippen molar-refractivity contribution >= 4 is 0 Å². The summed E-state index contributed by atoms with van der Waals surface area (Å²) in [5, 5.41) is 12.6. The van der Waals surface area contributed by atoms with Gasteiger partial charge in [0, 0.05) is 13.2 Å². The molecule has 0 aliphatic rings. The molecule has 0 aromatic heterocycles. The summed E-state index contributed by atoms with van der Waals surface area (Å²) in [5.41, 5.74) is -0.570. The zero-order chi connectivity index (χ0) is 9.61. The van der Waals surface area contributed by atoms with Crippen LogP contribution in [-0.2, 0) is 4.74 Å². The molecule has 0 saturated heterocycles. The Hall–Kier alpha value is -0.120. The summed E-state index contributed by atoms with van der Waals surface area (Å²) < 4.78 is 4.96. The van der Waals surface area contributed by atoms with Gasteiger partial charge in [-0.15, -0.1) is 0 Å². The highest BCUT2D eigenvalue weighted by molar-refractivity contribution is 4.68. The maximum Gasteiger partial charge on any atom is 0.0613 e. The highest BCUT2D eigenvalue weighted by Gasteiger charge is 2.11. The maximum absolute atomic E-state index is 9.39. The van der Waals surface area contributed by atoms with Crippen LogP contribution in [0.1, 0.15) is 27.2 Å². The van der Waals surface area contributed by atoms with E-state index in [2.05, 4.69) is 12.2 Å². The van der Waals surface area contributed by atoms with Crippen molar-refractivity contribution < 1.29 is 9.84 Å². The molecule has 12 heavy (non-hydrogen) atoms. The summed E-state index contributed by atoms with van der Waals surface area (Å²) >= 11 is 0. The molecule has 0 amide bonds. The van der Waals surface area contributed by atoms with Gasteiger partial charge in [-0.1, -0.05) is 0 Å². The highest BCUT2D eigenvalue weighted by Crippen LogP contribution is 2.05. The molecule has 0 fully saturated rings. The smallest absolute Gasteiger partial charge is 0.0613 e. The third-order valence-electron chi connectivity index (χ3n) is 1.65. The van der Waals surface area contributed by atoms with Gasteiger partial charge in [0.1, 0.15) is 0 Å². The number of ether oxygens (including phenoxy) is 1. The first-order valence-corrected chi connectivity index (χ1v) is 4.40. The second kappa shape index (κ2) is 5.51. The van der Waals surface area contributed by atoms with Gasteiger partial charge < -0.3 is 15.2 Å². The van der Waals surface area contributed by atoms with Crippen LogP contribution in [0.15, 0.2) is 0 Å². The Kier molecular flexibility index (Phi) is 5.46. The molecule has 0 spiro atoms. The summed E-state index contributed by atoms with van der Waals surface area (Å²) in [7, 11) is 1.69. The molecule has 0 saturated carbocycles. The van der Waals surface area contributed by atoms with Crippen molar-refractivity contribution in [2.24, 2.45) is 0 Å². The van der Waals surface area contributed by atoms with Gasteiger partial charge in [-0.25, -0.2) is 0 Å². The third kappa shape index (κ3) is 7.98. The average molecular weight is 175 g/mol. The predicted octanol–water partition coefficient (Wildman–Crippen LogP) is 0.772. The molecule has 1 atom stereocenters. The molecule has 0 aliphatic heterocycles. The number of nitrogens with one attached hydrogen (secondary N) is 1. The van der Waals surface area contributed by atoms with Crippen molar-refractivity contribution in [3.8, 4) is 0 Å². The van der Waals surface area contributed by atoms with E-state index in [9.17, 15) is 5.11 Å². The van der Waals surface area contributed by atoms with E-state index in [1.54, 1.807) is 7.11 Å².